The number of hydrogen-bond acceptors (Lipinski definition) is 6. The fourth-order valence-electron chi connectivity index (χ4n) is 8.82. The molecule has 0 saturated carbocycles. The van der Waals surface area contributed by atoms with E-state index in [9.17, 15) is 0 Å². The van der Waals surface area contributed by atoms with Gasteiger partial charge in [-0.25, -0.2) is 15.0 Å². The average Bonchev–Trinajstić information content (AvgIpc) is 3.96. The molecule has 0 aliphatic heterocycles. The number of benzene rings is 9. The Morgan fingerprint density at radius 3 is 1.42 bits per heavy atom. The number of hydrogen-bond donors (Lipinski definition) is 0. The molecule has 57 heavy (non-hydrogen) atoms. The lowest BCUT2D eigenvalue weighted by Gasteiger charge is -2.13. The lowest BCUT2D eigenvalue weighted by atomic mass is 9.98. The van der Waals surface area contributed by atoms with E-state index in [1.54, 1.807) is 0 Å². The van der Waals surface area contributed by atoms with Crippen LogP contribution in [0.25, 0.3) is 129 Å². The van der Waals surface area contributed by atoms with E-state index in [2.05, 4.69) is 164 Å². The second kappa shape index (κ2) is 11.8. The molecule has 4 heterocycles. The number of furan rings is 1. The molecular weight excluding hydrogens is 735 g/mol. The van der Waals surface area contributed by atoms with Crippen molar-refractivity contribution in [2.45, 2.75) is 0 Å². The predicted molar refractivity (Wildman–Crippen MR) is 242 cm³/mol. The number of aromatic nitrogens is 3. The summed E-state index contributed by atoms with van der Waals surface area (Å²) < 4.78 is 11.4. The Morgan fingerprint density at radius 2 is 0.825 bits per heavy atom. The second-order valence-corrected chi connectivity index (χ2v) is 16.8. The highest BCUT2D eigenvalue weighted by atomic mass is 32.1. The molecule has 6 heteroatoms. The lowest BCUT2D eigenvalue weighted by Crippen LogP contribution is -2.01. The summed E-state index contributed by atoms with van der Waals surface area (Å²) in [5.41, 5.74) is 4.60. The summed E-state index contributed by atoms with van der Waals surface area (Å²) in [5, 5.41) is 14.0. The van der Waals surface area contributed by atoms with Crippen LogP contribution in [0.3, 0.4) is 0 Å². The maximum Gasteiger partial charge on any atom is 0.164 e. The van der Waals surface area contributed by atoms with Crippen LogP contribution in [0.5, 0.6) is 0 Å². The normalized spacial score (nSPS) is 12.2. The van der Waals surface area contributed by atoms with Gasteiger partial charge in [0.05, 0.1) is 0 Å². The van der Waals surface area contributed by atoms with Crippen LogP contribution in [0.1, 0.15) is 0 Å². The van der Waals surface area contributed by atoms with E-state index in [4.69, 9.17) is 19.4 Å². The Bertz CT molecular complexity index is 3660. The van der Waals surface area contributed by atoms with Crippen molar-refractivity contribution in [1.82, 2.24) is 15.0 Å². The Hall–Kier alpha value is -6.99. The SMILES string of the molecule is c1ccc2cc3c(cc2c1)oc1ccc(-c2nc(-c4cc5ccccc5c5sc6ccccc6c45)nc(-c4cc5ccccc5c5sc6ccccc6c45)n2)cc13. The first-order chi connectivity index (χ1) is 28.2. The van der Waals surface area contributed by atoms with Crippen LogP contribution in [-0.2, 0) is 0 Å². The van der Waals surface area contributed by atoms with Crippen molar-refractivity contribution in [1.29, 1.82) is 0 Å². The highest BCUT2D eigenvalue weighted by Gasteiger charge is 2.22. The molecule has 264 valence electrons. The van der Waals surface area contributed by atoms with Crippen molar-refractivity contribution < 1.29 is 4.42 Å². The second-order valence-electron chi connectivity index (χ2n) is 14.7. The van der Waals surface area contributed by atoms with E-state index in [0.717, 1.165) is 54.8 Å². The Labute approximate surface area is 332 Å². The first-order valence-corrected chi connectivity index (χ1v) is 20.6. The number of fused-ring (bicyclic) bond motifs is 14. The van der Waals surface area contributed by atoms with E-state index in [1.165, 1.54) is 56.5 Å². The molecule has 0 fully saturated rings. The molecule has 0 N–H and O–H groups in total. The van der Waals surface area contributed by atoms with Gasteiger partial charge in [-0.15, -0.1) is 22.7 Å². The van der Waals surface area contributed by atoms with Gasteiger partial charge in [-0.05, 0) is 86.9 Å². The average molecular weight is 762 g/mol. The van der Waals surface area contributed by atoms with Gasteiger partial charge >= 0.3 is 0 Å². The third-order valence-corrected chi connectivity index (χ3v) is 13.9. The summed E-state index contributed by atoms with van der Waals surface area (Å²) in [6.07, 6.45) is 0. The van der Waals surface area contributed by atoms with Crippen LogP contribution in [0.4, 0.5) is 0 Å². The third-order valence-electron chi connectivity index (χ3n) is 11.5. The smallest absolute Gasteiger partial charge is 0.164 e. The molecule has 0 amide bonds. The highest BCUT2D eigenvalue weighted by Crippen LogP contribution is 2.46. The van der Waals surface area contributed by atoms with Gasteiger partial charge in [0.1, 0.15) is 11.2 Å². The zero-order valence-electron chi connectivity index (χ0n) is 30.2. The fourth-order valence-corrected chi connectivity index (χ4v) is 11.3. The van der Waals surface area contributed by atoms with Crippen molar-refractivity contribution in [3.8, 4) is 34.2 Å². The van der Waals surface area contributed by atoms with E-state index in [0.29, 0.717) is 17.5 Å². The number of nitrogens with zero attached hydrogens (tertiary/aromatic N) is 3. The molecule has 0 atom stereocenters. The summed E-state index contributed by atoms with van der Waals surface area (Å²) >= 11 is 3.66. The molecule has 0 unspecified atom stereocenters. The fraction of sp³-hybridized carbons (Fsp3) is 0. The molecule has 4 aromatic heterocycles. The minimum Gasteiger partial charge on any atom is -0.456 e. The highest BCUT2D eigenvalue weighted by molar-refractivity contribution is 7.27. The number of thiophene rings is 2. The zero-order valence-corrected chi connectivity index (χ0v) is 31.8. The first-order valence-electron chi connectivity index (χ1n) is 19.0. The standard InChI is InChI=1S/C51H27N3OS2/c1-2-12-29-27-42-38(23-28(29)11-1)37-26-32(21-22-41(37)55-42)49-52-50(39-24-30-13-3-5-15-33(30)47-45(39)35-17-7-9-19-43(35)56-47)54-51(53-49)40-25-31-14-4-6-16-34(31)48-46(40)36-18-8-10-20-44(36)57-48/h1-27H. The van der Waals surface area contributed by atoms with Crippen molar-refractivity contribution in [3.05, 3.63) is 164 Å². The zero-order chi connectivity index (χ0) is 37.2. The van der Waals surface area contributed by atoms with E-state index < -0.39 is 0 Å². The van der Waals surface area contributed by atoms with E-state index in [1.807, 2.05) is 22.7 Å². The molecule has 9 aromatic carbocycles. The first kappa shape index (κ1) is 31.2. The molecule has 0 saturated heterocycles. The van der Waals surface area contributed by atoms with Crippen LogP contribution < -0.4 is 0 Å². The Kier molecular flexibility index (Phi) is 6.45. The maximum atomic E-state index is 6.43. The molecule has 0 aliphatic rings. The molecule has 0 bridgehead atoms. The molecule has 0 radical (unpaired) electrons. The van der Waals surface area contributed by atoms with Crippen LogP contribution in [-0.4, -0.2) is 15.0 Å². The van der Waals surface area contributed by atoms with Gasteiger partial charge in [0.15, 0.2) is 17.5 Å². The minimum absolute atomic E-state index is 0.619. The lowest BCUT2D eigenvalue weighted by molar-refractivity contribution is 0.669. The van der Waals surface area contributed by atoms with Crippen molar-refractivity contribution in [2.24, 2.45) is 0 Å². The van der Waals surface area contributed by atoms with Gasteiger partial charge < -0.3 is 4.42 Å². The molecule has 13 rings (SSSR count). The summed E-state index contributed by atoms with van der Waals surface area (Å²) in [4.78, 5) is 16.3. The molecule has 0 aliphatic carbocycles. The van der Waals surface area contributed by atoms with Crippen molar-refractivity contribution >= 4 is 117 Å². The molecule has 0 spiro atoms. The number of rotatable bonds is 3. The largest absolute Gasteiger partial charge is 0.456 e. The van der Waals surface area contributed by atoms with Gasteiger partial charge in [0, 0.05) is 67.8 Å². The maximum absolute atomic E-state index is 6.43. The topological polar surface area (TPSA) is 51.8 Å². The van der Waals surface area contributed by atoms with E-state index >= 15 is 0 Å². The van der Waals surface area contributed by atoms with Gasteiger partial charge in [-0.2, -0.15) is 0 Å². The summed E-state index contributed by atoms with van der Waals surface area (Å²) in [5.74, 6) is 1.92. The van der Waals surface area contributed by atoms with Gasteiger partial charge in [0.2, 0.25) is 0 Å². The summed E-state index contributed by atoms with van der Waals surface area (Å²) in [6.45, 7) is 0. The summed E-state index contributed by atoms with van der Waals surface area (Å²) in [6, 6.07) is 58.3. The van der Waals surface area contributed by atoms with E-state index in [-0.39, 0.29) is 0 Å². The minimum atomic E-state index is 0.619. The summed E-state index contributed by atoms with van der Waals surface area (Å²) in [7, 11) is 0. The van der Waals surface area contributed by atoms with Gasteiger partial charge in [0.25, 0.3) is 0 Å². The Morgan fingerprint density at radius 1 is 0.351 bits per heavy atom. The predicted octanol–water partition coefficient (Wildman–Crippen LogP) is 15.0. The Balaban J connectivity index is 1.15. The van der Waals surface area contributed by atoms with Crippen LogP contribution in [0.2, 0.25) is 0 Å². The van der Waals surface area contributed by atoms with Crippen LogP contribution in [0.15, 0.2) is 168 Å². The molecule has 4 nitrogen and oxygen atoms in total. The molecular formula is C51H27N3OS2. The quantitative estimate of drug-likeness (QED) is 0.180. The van der Waals surface area contributed by atoms with Crippen LogP contribution >= 0.6 is 22.7 Å². The van der Waals surface area contributed by atoms with Crippen molar-refractivity contribution in [2.75, 3.05) is 0 Å². The van der Waals surface area contributed by atoms with Gasteiger partial charge in [-0.1, -0.05) is 109 Å². The van der Waals surface area contributed by atoms with Gasteiger partial charge in [-0.3, -0.25) is 0 Å². The molecule has 13 aromatic rings. The third kappa shape index (κ3) is 4.63. The van der Waals surface area contributed by atoms with Crippen molar-refractivity contribution in [3.63, 3.8) is 0 Å². The monoisotopic (exact) mass is 761 g/mol. The van der Waals surface area contributed by atoms with Crippen LogP contribution in [0, 0.1) is 0 Å².